The van der Waals surface area contributed by atoms with Gasteiger partial charge < -0.3 is 5.11 Å². The molecule has 0 aromatic carbocycles. The Bertz CT molecular complexity index is 274. The number of hydrogen-bond acceptors (Lipinski definition) is 2. The zero-order chi connectivity index (χ0) is 12.3. The molecular weight excluding hydrogens is 214 g/mol. The first kappa shape index (κ1) is 12.6. The van der Waals surface area contributed by atoms with Crippen LogP contribution < -0.4 is 0 Å². The van der Waals surface area contributed by atoms with Crippen molar-refractivity contribution in [1.82, 2.24) is 0 Å². The van der Waals surface area contributed by atoms with E-state index in [1.165, 1.54) is 25.7 Å². The number of carbonyl (C=O) groups is 1. The molecule has 0 aliphatic heterocycles. The molecule has 3 heteroatoms. The Labute approximate surface area is 103 Å². The normalized spacial score (nSPS) is 38.6. The highest BCUT2D eigenvalue weighted by Gasteiger charge is 2.32. The van der Waals surface area contributed by atoms with E-state index in [-0.39, 0.29) is 5.92 Å². The second-order valence-corrected chi connectivity index (χ2v) is 5.70. The Balaban J connectivity index is 1.78. The minimum absolute atomic E-state index is 0.0718. The summed E-state index contributed by atoms with van der Waals surface area (Å²) < 4.78 is 0. The summed E-state index contributed by atoms with van der Waals surface area (Å²) >= 11 is 0. The van der Waals surface area contributed by atoms with Gasteiger partial charge in [0.15, 0.2) is 0 Å². The molecule has 2 aliphatic carbocycles. The van der Waals surface area contributed by atoms with Gasteiger partial charge in [-0.2, -0.15) is 0 Å². The molecular formula is C14H23NO2. The number of aliphatic carboxylic acids is 1. The number of aliphatic imine (C=N–C) groups is 1. The highest BCUT2D eigenvalue weighted by Crippen LogP contribution is 2.40. The first-order valence-corrected chi connectivity index (χ1v) is 6.89. The molecule has 2 fully saturated rings. The predicted molar refractivity (Wildman–Crippen MR) is 68.4 cm³/mol. The van der Waals surface area contributed by atoms with Crippen LogP contribution in [-0.2, 0) is 4.79 Å². The van der Waals surface area contributed by atoms with Crippen LogP contribution in [0.15, 0.2) is 4.99 Å². The molecule has 0 radical (unpaired) electrons. The maximum absolute atomic E-state index is 10.9. The molecule has 0 aromatic heterocycles. The van der Waals surface area contributed by atoms with Crippen molar-refractivity contribution >= 4 is 12.7 Å². The molecule has 0 spiro atoms. The van der Waals surface area contributed by atoms with Crippen molar-refractivity contribution in [3.05, 3.63) is 0 Å². The van der Waals surface area contributed by atoms with Crippen molar-refractivity contribution in [3.8, 4) is 0 Å². The fraction of sp³-hybridized carbons (Fsp3) is 0.857. The third kappa shape index (κ3) is 3.08. The predicted octanol–water partition coefficient (Wildman–Crippen LogP) is 3.14. The van der Waals surface area contributed by atoms with Gasteiger partial charge in [0.25, 0.3) is 0 Å². The summed E-state index contributed by atoms with van der Waals surface area (Å²) in [5.74, 6) is 0.930. The molecule has 2 saturated carbocycles. The first-order chi connectivity index (χ1) is 8.20. The second kappa shape index (κ2) is 5.65. The lowest BCUT2D eigenvalue weighted by Crippen LogP contribution is -2.28. The Morgan fingerprint density at radius 1 is 0.941 bits per heavy atom. The molecule has 0 aromatic rings. The van der Waals surface area contributed by atoms with Crippen LogP contribution in [0.5, 0.6) is 0 Å². The third-order valence-electron chi connectivity index (χ3n) is 4.79. The molecule has 0 atom stereocenters. The third-order valence-corrected chi connectivity index (χ3v) is 4.79. The molecule has 0 heterocycles. The van der Waals surface area contributed by atoms with Crippen LogP contribution in [0, 0.1) is 17.8 Å². The maximum atomic E-state index is 10.9. The summed E-state index contributed by atoms with van der Waals surface area (Å²) in [5.41, 5.74) is 0. The zero-order valence-electron chi connectivity index (χ0n) is 10.5. The topological polar surface area (TPSA) is 49.7 Å². The molecule has 0 amide bonds. The highest BCUT2D eigenvalue weighted by molar-refractivity contribution is 5.69. The molecule has 17 heavy (non-hydrogen) atoms. The van der Waals surface area contributed by atoms with Gasteiger partial charge in [-0.15, -0.1) is 0 Å². The number of rotatable bonds is 3. The van der Waals surface area contributed by atoms with Crippen molar-refractivity contribution in [2.24, 2.45) is 22.7 Å². The Morgan fingerprint density at radius 2 is 1.41 bits per heavy atom. The SMILES string of the molecule is C=NC1CCC(C2CCC(C(=O)O)CC2)CC1. The van der Waals surface area contributed by atoms with E-state index in [1.54, 1.807) is 0 Å². The van der Waals surface area contributed by atoms with Crippen LogP contribution in [0.1, 0.15) is 51.4 Å². The average molecular weight is 237 g/mol. The van der Waals surface area contributed by atoms with Gasteiger partial charge in [0.1, 0.15) is 0 Å². The van der Waals surface area contributed by atoms with Crippen molar-refractivity contribution in [1.29, 1.82) is 0 Å². The fourth-order valence-corrected chi connectivity index (χ4v) is 3.59. The highest BCUT2D eigenvalue weighted by atomic mass is 16.4. The minimum Gasteiger partial charge on any atom is -0.481 e. The average Bonchev–Trinajstić information content (AvgIpc) is 2.39. The van der Waals surface area contributed by atoms with Crippen molar-refractivity contribution < 1.29 is 9.90 Å². The molecule has 2 rings (SSSR count). The summed E-state index contributed by atoms with van der Waals surface area (Å²) in [4.78, 5) is 15.0. The summed E-state index contributed by atoms with van der Waals surface area (Å²) in [6, 6.07) is 0.488. The van der Waals surface area contributed by atoms with Gasteiger partial charge in [-0.3, -0.25) is 9.79 Å². The molecule has 0 saturated heterocycles. The molecule has 3 nitrogen and oxygen atoms in total. The van der Waals surface area contributed by atoms with Crippen LogP contribution in [0.3, 0.4) is 0 Å². The van der Waals surface area contributed by atoms with Crippen LogP contribution >= 0.6 is 0 Å². The van der Waals surface area contributed by atoms with E-state index in [4.69, 9.17) is 5.11 Å². The van der Waals surface area contributed by atoms with Crippen LogP contribution in [-0.4, -0.2) is 23.8 Å². The van der Waals surface area contributed by atoms with Gasteiger partial charge in [-0.1, -0.05) is 0 Å². The summed E-state index contributed by atoms with van der Waals surface area (Å²) in [6.07, 6.45) is 8.93. The summed E-state index contributed by atoms with van der Waals surface area (Å²) in [6.45, 7) is 3.64. The number of carboxylic acid groups (broad SMARTS) is 1. The Kier molecular flexibility index (Phi) is 4.19. The molecule has 0 unspecified atom stereocenters. The second-order valence-electron chi connectivity index (χ2n) is 5.70. The van der Waals surface area contributed by atoms with E-state index >= 15 is 0 Å². The first-order valence-electron chi connectivity index (χ1n) is 6.89. The fourth-order valence-electron chi connectivity index (χ4n) is 3.59. The van der Waals surface area contributed by atoms with Gasteiger partial charge in [-0.05, 0) is 69.9 Å². The lowest BCUT2D eigenvalue weighted by atomic mass is 9.70. The smallest absolute Gasteiger partial charge is 0.306 e. The number of hydrogen-bond donors (Lipinski definition) is 1. The summed E-state index contributed by atoms with van der Waals surface area (Å²) in [5, 5.41) is 8.98. The molecule has 96 valence electrons. The lowest BCUT2D eigenvalue weighted by Gasteiger charge is -2.36. The van der Waals surface area contributed by atoms with Crippen LogP contribution in [0.25, 0.3) is 0 Å². The van der Waals surface area contributed by atoms with Crippen LogP contribution in [0.4, 0.5) is 0 Å². The van der Waals surface area contributed by atoms with Gasteiger partial charge in [0, 0.05) is 6.04 Å². The van der Waals surface area contributed by atoms with E-state index in [0.29, 0.717) is 6.04 Å². The van der Waals surface area contributed by atoms with E-state index in [9.17, 15) is 4.79 Å². The van der Waals surface area contributed by atoms with Crippen molar-refractivity contribution in [3.63, 3.8) is 0 Å². The lowest BCUT2D eigenvalue weighted by molar-refractivity contribution is -0.143. The van der Waals surface area contributed by atoms with E-state index < -0.39 is 5.97 Å². The zero-order valence-corrected chi connectivity index (χ0v) is 10.5. The van der Waals surface area contributed by atoms with Gasteiger partial charge in [-0.25, -0.2) is 0 Å². The number of carboxylic acids is 1. The Morgan fingerprint density at radius 3 is 1.82 bits per heavy atom. The standard InChI is InChI=1S/C14H23NO2/c1-15-13-8-6-11(7-9-13)10-2-4-12(5-3-10)14(16)17/h10-13H,1-9H2,(H,16,17). The van der Waals surface area contributed by atoms with E-state index in [1.807, 2.05) is 0 Å². The minimum atomic E-state index is -0.594. The number of nitrogens with zero attached hydrogens (tertiary/aromatic N) is 1. The maximum Gasteiger partial charge on any atom is 0.306 e. The van der Waals surface area contributed by atoms with Gasteiger partial charge >= 0.3 is 5.97 Å². The molecule has 2 aliphatic rings. The quantitative estimate of drug-likeness (QED) is 0.767. The van der Waals surface area contributed by atoms with Crippen LogP contribution in [0.2, 0.25) is 0 Å². The van der Waals surface area contributed by atoms with E-state index in [0.717, 1.165) is 37.5 Å². The van der Waals surface area contributed by atoms with Crippen molar-refractivity contribution in [2.75, 3.05) is 0 Å². The van der Waals surface area contributed by atoms with Gasteiger partial charge in [0.05, 0.1) is 5.92 Å². The molecule has 0 bridgehead atoms. The molecule has 1 N–H and O–H groups in total. The summed E-state index contributed by atoms with van der Waals surface area (Å²) in [7, 11) is 0. The van der Waals surface area contributed by atoms with Crippen molar-refractivity contribution in [2.45, 2.75) is 57.4 Å². The Hall–Kier alpha value is -0.860. The van der Waals surface area contributed by atoms with E-state index in [2.05, 4.69) is 11.7 Å². The van der Waals surface area contributed by atoms with Gasteiger partial charge in [0.2, 0.25) is 0 Å². The monoisotopic (exact) mass is 237 g/mol. The largest absolute Gasteiger partial charge is 0.481 e.